The second-order valence-corrected chi connectivity index (χ2v) is 10.8. The summed E-state index contributed by atoms with van der Waals surface area (Å²) >= 11 is 0. The van der Waals surface area contributed by atoms with Crippen LogP contribution in [0, 0.1) is 6.92 Å². The summed E-state index contributed by atoms with van der Waals surface area (Å²) in [6.07, 6.45) is 3.95. The summed E-state index contributed by atoms with van der Waals surface area (Å²) in [6, 6.07) is 10.1. The van der Waals surface area contributed by atoms with E-state index < -0.39 is 14.6 Å². The van der Waals surface area contributed by atoms with E-state index in [4.69, 9.17) is 0 Å². The van der Waals surface area contributed by atoms with Gasteiger partial charge in [-0.15, -0.1) is 24.0 Å². The molecule has 2 heterocycles. The number of hydrogen-bond donors (Lipinski definition) is 1. The molecular formula is C21H32IN5O2S. The van der Waals surface area contributed by atoms with E-state index in [1.807, 2.05) is 46.8 Å². The SMILES string of the molecule is CN=C(NCCCc1cn(-c2ccccc2)nc1C)N1CCS(=O)(=O)C(C)(C)C1.I. The number of guanidine groups is 1. The van der Waals surface area contributed by atoms with Gasteiger partial charge in [-0.1, -0.05) is 18.2 Å². The summed E-state index contributed by atoms with van der Waals surface area (Å²) in [5.41, 5.74) is 3.33. The van der Waals surface area contributed by atoms with Gasteiger partial charge in [-0.3, -0.25) is 4.99 Å². The second-order valence-electron chi connectivity index (χ2n) is 8.10. The molecule has 2 aromatic rings. The summed E-state index contributed by atoms with van der Waals surface area (Å²) in [6.45, 7) is 7.32. The van der Waals surface area contributed by atoms with Crippen molar-refractivity contribution in [1.29, 1.82) is 0 Å². The van der Waals surface area contributed by atoms with Crippen LogP contribution in [0.4, 0.5) is 0 Å². The fourth-order valence-corrected chi connectivity index (χ4v) is 4.96. The third kappa shape index (κ3) is 5.54. The minimum absolute atomic E-state index is 0. The van der Waals surface area contributed by atoms with E-state index >= 15 is 0 Å². The Labute approximate surface area is 196 Å². The van der Waals surface area contributed by atoms with E-state index in [2.05, 4.69) is 21.6 Å². The Morgan fingerprint density at radius 3 is 2.60 bits per heavy atom. The van der Waals surface area contributed by atoms with Gasteiger partial charge in [-0.2, -0.15) is 5.10 Å². The second kappa shape index (κ2) is 10.1. The van der Waals surface area contributed by atoms with E-state index in [9.17, 15) is 8.42 Å². The van der Waals surface area contributed by atoms with Crippen molar-refractivity contribution in [1.82, 2.24) is 20.0 Å². The Bertz CT molecular complexity index is 971. The van der Waals surface area contributed by atoms with Crippen LogP contribution in [0.15, 0.2) is 41.5 Å². The van der Waals surface area contributed by atoms with Crippen molar-refractivity contribution in [2.24, 2.45) is 4.99 Å². The molecule has 1 N–H and O–H groups in total. The van der Waals surface area contributed by atoms with Crippen LogP contribution < -0.4 is 5.32 Å². The van der Waals surface area contributed by atoms with Gasteiger partial charge in [0.05, 0.1) is 21.9 Å². The van der Waals surface area contributed by atoms with Crippen molar-refractivity contribution >= 4 is 39.8 Å². The van der Waals surface area contributed by atoms with E-state index in [1.165, 1.54) is 5.56 Å². The molecule has 9 heteroatoms. The standard InChI is InChI=1S/C21H31N5O2S.HI/c1-17-18(15-26(24-17)19-10-6-5-7-11-19)9-8-12-23-20(22-4)25-13-14-29(27,28)21(2,3)16-25;/h5-7,10-11,15H,8-9,12-14,16H2,1-4H3,(H,22,23);1H. The zero-order valence-electron chi connectivity index (χ0n) is 18.1. The predicted molar refractivity (Wildman–Crippen MR) is 133 cm³/mol. The molecule has 0 atom stereocenters. The molecule has 0 bridgehead atoms. The monoisotopic (exact) mass is 545 g/mol. The first-order valence-corrected chi connectivity index (χ1v) is 11.7. The quantitative estimate of drug-likeness (QED) is 0.271. The van der Waals surface area contributed by atoms with Gasteiger partial charge < -0.3 is 10.2 Å². The van der Waals surface area contributed by atoms with Crippen molar-refractivity contribution in [2.75, 3.05) is 32.4 Å². The highest BCUT2D eigenvalue weighted by Crippen LogP contribution is 2.23. The molecule has 0 spiro atoms. The molecule has 0 aliphatic carbocycles. The van der Waals surface area contributed by atoms with Gasteiger partial charge in [0.15, 0.2) is 15.8 Å². The van der Waals surface area contributed by atoms with E-state index in [-0.39, 0.29) is 29.7 Å². The van der Waals surface area contributed by atoms with Crippen molar-refractivity contribution in [3.8, 4) is 5.69 Å². The van der Waals surface area contributed by atoms with Gasteiger partial charge in [-0.05, 0) is 51.3 Å². The number of para-hydroxylation sites is 1. The summed E-state index contributed by atoms with van der Waals surface area (Å²) in [4.78, 5) is 6.39. The van der Waals surface area contributed by atoms with Crippen molar-refractivity contribution in [3.63, 3.8) is 0 Å². The van der Waals surface area contributed by atoms with Crippen molar-refractivity contribution in [3.05, 3.63) is 47.8 Å². The van der Waals surface area contributed by atoms with Gasteiger partial charge in [-0.25, -0.2) is 13.1 Å². The zero-order valence-corrected chi connectivity index (χ0v) is 21.3. The van der Waals surface area contributed by atoms with Crippen LogP contribution >= 0.6 is 24.0 Å². The first kappa shape index (κ1) is 24.6. The molecular weight excluding hydrogens is 513 g/mol. The Morgan fingerprint density at radius 1 is 1.27 bits per heavy atom. The molecule has 1 aliphatic heterocycles. The number of sulfone groups is 1. The number of hydrogen-bond acceptors (Lipinski definition) is 4. The van der Waals surface area contributed by atoms with Crippen LogP contribution in [0.5, 0.6) is 0 Å². The minimum Gasteiger partial charge on any atom is -0.356 e. The summed E-state index contributed by atoms with van der Waals surface area (Å²) in [7, 11) is -1.31. The van der Waals surface area contributed by atoms with Gasteiger partial charge in [0.25, 0.3) is 0 Å². The third-order valence-corrected chi connectivity index (χ3v) is 8.02. The molecule has 0 saturated carbocycles. The van der Waals surface area contributed by atoms with Gasteiger partial charge in [0.1, 0.15) is 0 Å². The maximum absolute atomic E-state index is 12.2. The highest BCUT2D eigenvalue weighted by atomic mass is 127. The topological polar surface area (TPSA) is 79.6 Å². The zero-order chi connectivity index (χ0) is 21.1. The predicted octanol–water partition coefficient (Wildman–Crippen LogP) is 2.82. The summed E-state index contributed by atoms with van der Waals surface area (Å²) in [5.74, 6) is 0.933. The summed E-state index contributed by atoms with van der Waals surface area (Å²) < 4.78 is 25.6. The maximum atomic E-state index is 12.2. The van der Waals surface area contributed by atoms with Crippen LogP contribution in [-0.2, 0) is 16.3 Å². The Hall–Kier alpha value is -1.62. The maximum Gasteiger partial charge on any atom is 0.193 e. The fraction of sp³-hybridized carbons (Fsp3) is 0.524. The smallest absolute Gasteiger partial charge is 0.193 e. The van der Waals surface area contributed by atoms with Crippen LogP contribution in [-0.4, -0.2) is 66.2 Å². The number of aliphatic imine (C=N–C) groups is 1. The Morgan fingerprint density at radius 2 is 1.97 bits per heavy atom. The van der Waals surface area contributed by atoms with E-state index in [0.717, 1.165) is 36.7 Å². The van der Waals surface area contributed by atoms with Crippen LogP contribution in [0.3, 0.4) is 0 Å². The average molecular weight is 545 g/mol. The molecule has 1 saturated heterocycles. The van der Waals surface area contributed by atoms with Crippen LogP contribution in [0.1, 0.15) is 31.5 Å². The fourth-order valence-electron chi connectivity index (χ4n) is 3.59. The van der Waals surface area contributed by atoms with Crippen LogP contribution in [0.25, 0.3) is 5.69 Å². The molecule has 1 fully saturated rings. The number of halogens is 1. The highest BCUT2D eigenvalue weighted by molar-refractivity contribution is 14.0. The first-order chi connectivity index (χ1) is 13.7. The number of benzene rings is 1. The lowest BCUT2D eigenvalue weighted by Crippen LogP contribution is -2.57. The lowest BCUT2D eigenvalue weighted by Gasteiger charge is -2.39. The number of nitrogens with one attached hydrogen (secondary N) is 1. The largest absolute Gasteiger partial charge is 0.356 e. The Balaban J connectivity index is 0.00000320. The molecule has 1 aromatic carbocycles. The molecule has 30 heavy (non-hydrogen) atoms. The number of aryl methyl sites for hydroxylation is 2. The lowest BCUT2D eigenvalue weighted by atomic mass is 10.1. The van der Waals surface area contributed by atoms with Crippen LogP contribution in [0.2, 0.25) is 0 Å². The normalized spacial score (nSPS) is 18.0. The first-order valence-electron chi connectivity index (χ1n) is 10.0. The van der Waals surface area contributed by atoms with Crippen molar-refractivity contribution in [2.45, 2.75) is 38.4 Å². The molecule has 1 aliphatic rings. The molecule has 3 rings (SSSR count). The Kier molecular flexibility index (Phi) is 8.32. The molecule has 7 nitrogen and oxygen atoms in total. The molecule has 0 radical (unpaired) electrons. The molecule has 166 valence electrons. The van der Waals surface area contributed by atoms with E-state index in [1.54, 1.807) is 20.9 Å². The summed E-state index contributed by atoms with van der Waals surface area (Å²) in [5, 5.41) is 8.01. The van der Waals surface area contributed by atoms with Gasteiger partial charge in [0.2, 0.25) is 0 Å². The number of nitrogens with zero attached hydrogens (tertiary/aromatic N) is 4. The van der Waals surface area contributed by atoms with Gasteiger partial charge >= 0.3 is 0 Å². The highest BCUT2D eigenvalue weighted by Gasteiger charge is 2.40. The molecule has 0 unspecified atom stereocenters. The van der Waals surface area contributed by atoms with E-state index in [0.29, 0.717) is 13.1 Å². The average Bonchev–Trinajstić information content (AvgIpc) is 3.06. The molecule has 0 amide bonds. The third-order valence-electron chi connectivity index (χ3n) is 5.48. The minimum atomic E-state index is -3.06. The number of rotatable bonds is 5. The number of aromatic nitrogens is 2. The van der Waals surface area contributed by atoms with Gasteiger partial charge in [0, 0.05) is 32.9 Å². The lowest BCUT2D eigenvalue weighted by molar-refractivity contribution is 0.353. The van der Waals surface area contributed by atoms with Crippen molar-refractivity contribution < 1.29 is 8.42 Å². The molecule has 1 aromatic heterocycles.